The fraction of sp³-hybridized carbons (Fsp3) is 0.364. The minimum absolute atomic E-state index is 0.0870. The van der Waals surface area contributed by atoms with Crippen LogP contribution in [0.25, 0.3) is 16.5 Å². The maximum Gasteiger partial charge on any atom is 0.230 e. The molecular weight excluding hydrogens is 452 g/mol. The van der Waals surface area contributed by atoms with Gasteiger partial charge in [0.25, 0.3) is 0 Å². The number of furan rings is 1. The highest BCUT2D eigenvalue weighted by Gasteiger charge is 2.42. The number of aromatic hydroxyl groups is 1. The van der Waals surface area contributed by atoms with Gasteiger partial charge in [-0.1, -0.05) is 35.1 Å². The predicted octanol–water partition coefficient (Wildman–Crippen LogP) is 4.34. The van der Waals surface area contributed by atoms with Crippen LogP contribution in [-0.4, -0.2) is 56.7 Å². The van der Waals surface area contributed by atoms with Crippen molar-refractivity contribution in [2.24, 2.45) is 0 Å². The lowest BCUT2D eigenvalue weighted by atomic mass is 9.97. The number of piperidine rings is 1. The van der Waals surface area contributed by atoms with E-state index in [2.05, 4.69) is 15.0 Å². The second kappa shape index (κ2) is 7.86. The first-order valence-corrected chi connectivity index (χ1v) is 11.7. The van der Waals surface area contributed by atoms with E-state index in [1.807, 2.05) is 24.3 Å². The monoisotopic (exact) mass is 472 g/mol. The van der Waals surface area contributed by atoms with Gasteiger partial charge in [-0.3, -0.25) is 4.90 Å². The van der Waals surface area contributed by atoms with Gasteiger partial charge in [0.05, 0.1) is 30.4 Å². The van der Waals surface area contributed by atoms with Crippen molar-refractivity contribution in [3.63, 3.8) is 0 Å². The normalized spacial score (nSPS) is 19.8. The third-order valence-corrected chi connectivity index (χ3v) is 7.44. The number of benzene rings is 1. The Bertz CT molecular complexity index is 1220. The quantitative estimate of drug-likeness (QED) is 0.473. The molecule has 0 saturated carbocycles. The molecule has 166 valence electrons. The summed E-state index contributed by atoms with van der Waals surface area (Å²) < 4.78 is 18.7. The smallest absolute Gasteiger partial charge is 0.230 e. The molecule has 1 spiro atoms. The molecule has 2 saturated heterocycles. The Morgan fingerprint density at radius 3 is 2.50 bits per heavy atom. The van der Waals surface area contributed by atoms with E-state index in [4.69, 9.17) is 25.5 Å². The van der Waals surface area contributed by atoms with Crippen LogP contribution in [0, 0.1) is 0 Å². The van der Waals surface area contributed by atoms with Gasteiger partial charge in [0.2, 0.25) is 16.7 Å². The van der Waals surface area contributed by atoms with Crippen molar-refractivity contribution < 1.29 is 19.0 Å². The molecule has 32 heavy (non-hydrogen) atoms. The highest BCUT2D eigenvalue weighted by atomic mass is 35.5. The summed E-state index contributed by atoms with van der Waals surface area (Å²) >= 11 is 7.58. The molecule has 2 aliphatic rings. The molecule has 0 radical (unpaired) electrons. The van der Waals surface area contributed by atoms with Gasteiger partial charge in [0.15, 0.2) is 11.5 Å². The number of fused-ring (bicyclic) bond motifs is 1. The van der Waals surface area contributed by atoms with E-state index in [9.17, 15) is 5.11 Å². The van der Waals surface area contributed by atoms with Crippen LogP contribution in [0.2, 0.25) is 5.02 Å². The standard InChI is InChI=1S/C22H21ClN4O4S/c23-15-5-3-14(4-6-15)17(26-9-7-22(8-10-26)30-12-13-31-22)18-20(28)27-21(32-18)24-19(25-27)16-2-1-11-29-16/h1-6,11,17,28H,7-10,12-13H2/t17-/m1/s1. The zero-order valence-electron chi connectivity index (χ0n) is 17.1. The van der Waals surface area contributed by atoms with Gasteiger partial charge in [0.1, 0.15) is 0 Å². The summed E-state index contributed by atoms with van der Waals surface area (Å²) in [6.45, 7) is 2.84. The SMILES string of the molecule is Oc1c([C@@H](c2ccc(Cl)cc2)N2CCC3(CC2)OCCO3)sc2nc(-c3ccco3)nn12. The molecule has 6 rings (SSSR count). The molecule has 8 nitrogen and oxygen atoms in total. The third-order valence-electron chi connectivity index (χ3n) is 6.11. The van der Waals surface area contributed by atoms with E-state index in [0.29, 0.717) is 34.8 Å². The van der Waals surface area contributed by atoms with Crippen LogP contribution >= 0.6 is 22.9 Å². The molecule has 2 aliphatic heterocycles. The Morgan fingerprint density at radius 2 is 1.84 bits per heavy atom. The molecular formula is C22H21ClN4O4S. The minimum atomic E-state index is -0.466. The number of hydrogen-bond acceptors (Lipinski definition) is 8. The Hall–Kier alpha value is -2.43. The van der Waals surface area contributed by atoms with Crippen LogP contribution in [0.15, 0.2) is 47.1 Å². The van der Waals surface area contributed by atoms with Crippen molar-refractivity contribution in [3.05, 3.63) is 58.1 Å². The van der Waals surface area contributed by atoms with E-state index in [1.165, 1.54) is 15.9 Å². The van der Waals surface area contributed by atoms with Crippen molar-refractivity contribution in [2.75, 3.05) is 26.3 Å². The minimum Gasteiger partial charge on any atom is -0.492 e. The molecule has 2 fully saturated rings. The molecule has 1 aromatic carbocycles. The van der Waals surface area contributed by atoms with Crippen molar-refractivity contribution in [1.82, 2.24) is 19.5 Å². The summed E-state index contributed by atoms with van der Waals surface area (Å²) in [5.41, 5.74) is 1.05. The van der Waals surface area contributed by atoms with Gasteiger partial charge >= 0.3 is 0 Å². The summed E-state index contributed by atoms with van der Waals surface area (Å²) in [7, 11) is 0. The van der Waals surface area contributed by atoms with E-state index >= 15 is 0 Å². The maximum atomic E-state index is 11.2. The number of hydrogen-bond donors (Lipinski definition) is 1. The van der Waals surface area contributed by atoms with Gasteiger partial charge in [-0.25, -0.2) is 0 Å². The number of halogens is 1. The topological polar surface area (TPSA) is 85.3 Å². The Balaban J connectivity index is 1.37. The molecule has 0 amide bonds. The number of thiazole rings is 1. The van der Waals surface area contributed by atoms with Crippen molar-refractivity contribution in [3.8, 4) is 17.5 Å². The number of likely N-dealkylation sites (tertiary alicyclic amines) is 1. The number of ether oxygens (including phenoxy) is 2. The number of rotatable bonds is 4. The number of aromatic nitrogens is 3. The zero-order valence-corrected chi connectivity index (χ0v) is 18.7. The summed E-state index contributed by atoms with van der Waals surface area (Å²) in [6, 6.07) is 11.2. The first kappa shape index (κ1) is 20.2. The van der Waals surface area contributed by atoms with Gasteiger partial charge in [-0.15, -0.1) is 5.10 Å². The summed E-state index contributed by atoms with van der Waals surface area (Å²) in [6.07, 6.45) is 3.13. The molecule has 4 aromatic rings. The van der Waals surface area contributed by atoms with Gasteiger partial charge < -0.3 is 19.0 Å². The highest BCUT2D eigenvalue weighted by Crippen LogP contribution is 2.43. The molecule has 5 heterocycles. The molecule has 0 aliphatic carbocycles. The van der Waals surface area contributed by atoms with E-state index in [1.54, 1.807) is 18.4 Å². The van der Waals surface area contributed by atoms with Gasteiger partial charge in [0, 0.05) is 31.0 Å². The predicted molar refractivity (Wildman–Crippen MR) is 119 cm³/mol. The fourth-order valence-corrected chi connectivity index (χ4v) is 5.76. The number of nitrogens with zero attached hydrogens (tertiary/aromatic N) is 4. The molecule has 1 atom stereocenters. The van der Waals surface area contributed by atoms with Crippen LogP contribution in [0.1, 0.15) is 29.3 Å². The van der Waals surface area contributed by atoms with Crippen LogP contribution in [0.5, 0.6) is 5.88 Å². The second-order valence-electron chi connectivity index (χ2n) is 7.99. The van der Waals surface area contributed by atoms with Crippen LogP contribution < -0.4 is 0 Å². The molecule has 3 aromatic heterocycles. The van der Waals surface area contributed by atoms with Crippen LogP contribution in [-0.2, 0) is 9.47 Å². The molecule has 1 N–H and O–H groups in total. The average molecular weight is 473 g/mol. The van der Waals surface area contributed by atoms with Crippen LogP contribution in [0.4, 0.5) is 0 Å². The highest BCUT2D eigenvalue weighted by molar-refractivity contribution is 7.17. The average Bonchev–Trinajstić information content (AvgIpc) is 3.59. The Labute approximate surface area is 192 Å². The summed E-state index contributed by atoms with van der Waals surface area (Å²) in [4.78, 5) is 8.31. The lowest BCUT2D eigenvalue weighted by Crippen LogP contribution is -2.46. The molecule has 0 unspecified atom stereocenters. The second-order valence-corrected chi connectivity index (χ2v) is 9.44. The maximum absolute atomic E-state index is 11.2. The first-order valence-electron chi connectivity index (χ1n) is 10.5. The molecule has 0 bridgehead atoms. The van der Waals surface area contributed by atoms with E-state index in [-0.39, 0.29) is 11.9 Å². The third kappa shape index (κ3) is 3.41. The fourth-order valence-electron chi connectivity index (χ4n) is 4.52. The Morgan fingerprint density at radius 1 is 1.09 bits per heavy atom. The largest absolute Gasteiger partial charge is 0.492 e. The zero-order chi connectivity index (χ0) is 21.7. The van der Waals surface area contributed by atoms with Crippen molar-refractivity contribution >= 4 is 27.9 Å². The van der Waals surface area contributed by atoms with E-state index in [0.717, 1.165) is 36.4 Å². The van der Waals surface area contributed by atoms with Crippen molar-refractivity contribution in [2.45, 2.75) is 24.7 Å². The van der Waals surface area contributed by atoms with E-state index < -0.39 is 5.79 Å². The lowest BCUT2D eigenvalue weighted by molar-refractivity contribution is -0.187. The van der Waals surface area contributed by atoms with Crippen LogP contribution in [0.3, 0.4) is 0 Å². The van der Waals surface area contributed by atoms with Gasteiger partial charge in [-0.05, 0) is 29.8 Å². The summed E-state index contributed by atoms with van der Waals surface area (Å²) in [5, 5.41) is 16.3. The molecule has 10 heteroatoms. The first-order chi connectivity index (χ1) is 15.6. The lowest BCUT2D eigenvalue weighted by Gasteiger charge is -2.41. The summed E-state index contributed by atoms with van der Waals surface area (Å²) in [5.74, 6) is 0.631. The Kier molecular flexibility index (Phi) is 4.96. The van der Waals surface area contributed by atoms with Crippen molar-refractivity contribution in [1.29, 1.82) is 0 Å². The van der Waals surface area contributed by atoms with Gasteiger partial charge in [-0.2, -0.15) is 9.50 Å².